The average Bonchev–Trinajstić information content (AvgIpc) is 3.64. The molecule has 0 unspecified atom stereocenters. The molecule has 0 aliphatic heterocycles. The van der Waals surface area contributed by atoms with E-state index in [9.17, 15) is 23.5 Å². The Bertz CT molecular complexity index is 1600. The lowest BCUT2D eigenvalue weighted by Gasteiger charge is -2.27. The minimum Gasteiger partial charge on any atom is -0.445 e. The van der Waals surface area contributed by atoms with Gasteiger partial charge in [-0.1, -0.05) is 44.2 Å². The summed E-state index contributed by atoms with van der Waals surface area (Å²) in [5, 5.41) is 17.8. The molecule has 3 aromatic carbocycles. The van der Waals surface area contributed by atoms with Crippen LogP contribution in [0.3, 0.4) is 0 Å². The highest BCUT2D eigenvalue weighted by Gasteiger charge is 2.44. The maximum Gasteiger partial charge on any atom is 0.253 e. The van der Waals surface area contributed by atoms with E-state index in [0.29, 0.717) is 24.2 Å². The fraction of sp³-hybridized carbons (Fsp3) is 0.361. The number of rotatable bonds is 15. The van der Waals surface area contributed by atoms with Gasteiger partial charge in [0.25, 0.3) is 11.8 Å². The second-order valence-electron chi connectivity index (χ2n) is 11.9. The summed E-state index contributed by atoms with van der Waals surface area (Å²) >= 11 is 0. The molecule has 46 heavy (non-hydrogen) atoms. The molecule has 0 bridgehead atoms. The van der Waals surface area contributed by atoms with Crippen LogP contribution in [-0.2, 0) is 12.0 Å². The molecular formula is C36H40F2N4O4. The Labute approximate surface area is 267 Å². The first-order valence-corrected chi connectivity index (χ1v) is 15.8. The number of hydrogen-bond acceptors (Lipinski definition) is 6. The molecule has 1 saturated carbocycles. The third-order valence-electron chi connectivity index (χ3n) is 8.28. The van der Waals surface area contributed by atoms with Gasteiger partial charge in [-0.05, 0) is 73.6 Å². The van der Waals surface area contributed by atoms with Gasteiger partial charge in [-0.25, -0.2) is 13.8 Å². The fourth-order valence-electron chi connectivity index (χ4n) is 5.82. The number of halogens is 2. The van der Waals surface area contributed by atoms with Crippen molar-refractivity contribution in [1.82, 2.24) is 20.5 Å². The molecule has 1 aliphatic carbocycles. The Hall–Kier alpha value is -4.41. The number of carbonyl (C=O) groups is 2. The first kappa shape index (κ1) is 33.0. The van der Waals surface area contributed by atoms with Crippen LogP contribution in [-0.4, -0.2) is 58.6 Å². The summed E-state index contributed by atoms with van der Waals surface area (Å²) in [5.74, 6) is -2.05. The summed E-state index contributed by atoms with van der Waals surface area (Å²) in [5.41, 5.74) is 2.02. The Morgan fingerprint density at radius 3 is 2.26 bits per heavy atom. The summed E-state index contributed by atoms with van der Waals surface area (Å²) < 4.78 is 33.7. The predicted octanol–water partition coefficient (Wildman–Crippen LogP) is 5.86. The van der Waals surface area contributed by atoms with Crippen LogP contribution in [0.2, 0.25) is 0 Å². The number of nitrogens with one attached hydrogen (secondary N) is 2. The van der Waals surface area contributed by atoms with E-state index in [1.54, 1.807) is 17.0 Å². The highest BCUT2D eigenvalue weighted by Crippen LogP contribution is 2.45. The van der Waals surface area contributed by atoms with Crippen LogP contribution in [0.4, 0.5) is 8.78 Å². The summed E-state index contributed by atoms with van der Waals surface area (Å²) in [4.78, 5) is 33.4. The van der Waals surface area contributed by atoms with Gasteiger partial charge in [0.2, 0.25) is 5.89 Å². The highest BCUT2D eigenvalue weighted by molar-refractivity contribution is 6.01. The van der Waals surface area contributed by atoms with Gasteiger partial charge in [0.05, 0.1) is 18.3 Å². The number of aliphatic hydroxyl groups is 1. The summed E-state index contributed by atoms with van der Waals surface area (Å²) in [7, 11) is 0. The van der Waals surface area contributed by atoms with Crippen LogP contribution in [0.5, 0.6) is 0 Å². The van der Waals surface area contributed by atoms with Crippen molar-refractivity contribution >= 4 is 11.8 Å². The molecule has 0 saturated heterocycles. The van der Waals surface area contributed by atoms with Crippen LogP contribution in [0.1, 0.15) is 71.4 Å². The van der Waals surface area contributed by atoms with Gasteiger partial charge >= 0.3 is 0 Å². The highest BCUT2D eigenvalue weighted by atomic mass is 19.1. The monoisotopic (exact) mass is 630 g/mol. The molecule has 5 rings (SSSR count). The minimum absolute atomic E-state index is 0.0341. The summed E-state index contributed by atoms with van der Waals surface area (Å²) in [6.45, 7) is 5.24. The first-order valence-electron chi connectivity index (χ1n) is 15.8. The Kier molecular flexibility index (Phi) is 10.6. The molecule has 2 atom stereocenters. The molecule has 0 radical (unpaired) electrons. The van der Waals surface area contributed by atoms with Crippen molar-refractivity contribution in [3.63, 3.8) is 0 Å². The zero-order valence-electron chi connectivity index (χ0n) is 26.1. The number of aromatic nitrogens is 1. The van der Waals surface area contributed by atoms with Crippen molar-refractivity contribution in [2.45, 2.75) is 63.6 Å². The minimum atomic E-state index is -1.11. The molecule has 3 N–H and O–H groups in total. The third-order valence-corrected chi connectivity index (χ3v) is 8.28. The maximum atomic E-state index is 14.1. The van der Waals surface area contributed by atoms with E-state index in [1.807, 2.05) is 44.2 Å². The largest absolute Gasteiger partial charge is 0.445 e. The average molecular weight is 631 g/mol. The second kappa shape index (κ2) is 14.8. The lowest BCUT2D eigenvalue weighted by Crippen LogP contribution is -2.50. The van der Waals surface area contributed by atoms with Crippen molar-refractivity contribution in [2.24, 2.45) is 0 Å². The van der Waals surface area contributed by atoms with Gasteiger partial charge in [0, 0.05) is 47.9 Å². The van der Waals surface area contributed by atoms with Crippen molar-refractivity contribution in [1.29, 1.82) is 0 Å². The predicted molar refractivity (Wildman–Crippen MR) is 171 cm³/mol. The van der Waals surface area contributed by atoms with Crippen LogP contribution in [0.25, 0.3) is 11.5 Å². The van der Waals surface area contributed by atoms with Crippen molar-refractivity contribution in [2.75, 3.05) is 19.6 Å². The molecule has 8 nitrogen and oxygen atoms in total. The van der Waals surface area contributed by atoms with Crippen molar-refractivity contribution < 1.29 is 27.9 Å². The SMILES string of the molecule is CCCN(CCC)C(=O)c1cc(C(=O)N[C@@H](Cc2cc(F)cc(F)c2)[C@H](O)CNC2(c3ccccc3)CC2)cc(-c2ncco2)c1. The van der Waals surface area contributed by atoms with E-state index in [1.165, 1.54) is 30.7 Å². The lowest BCUT2D eigenvalue weighted by atomic mass is 9.98. The molecule has 1 aliphatic rings. The van der Waals surface area contributed by atoms with Gasteiger partial charge < -0.3 is 25.1 Å². The number of carbonyl (C=O) groups excluding carboxylic acids is 2. The topological polar surface area (TPSA) is 108 Å². The number of hydrogen-bond donors (Lipinski definition) is 3. The van der Waals surface area contributed by atoms with Crippen molar-refractivity contribution in [3.05, 3.63) is 113 Å². The number of oxazole rings is 1. The number of nitrogens with zero attached hydrogens (tertiary/aromatic N) is 2. The van der Waals surface area contributed by atoms with Crippen LogP contribution in [0.15, 0.2) is 83.6 Å². The fourth-order valence-corrected chi connectivity index (χ4v) is 5.82. The molecule has 1 aromatic heterocycles. The van der Waals surface area contributed by atoms with Crippen LogP contribution in [0, 0.1) is 11.6 Å². The van der Waals surface area contributed by atoms with E-state index in [2.05, 4.69) is 15.6 Å². The molecule has 10 heteroatoms. The molecule has 4 aromatic rings. The lowest BCUT2D eigenvalue weighted by molar-refractivity contribution is 0.0755. The molecule has 1 fully saturated rings. The third kappa shape index (κ3) is 8.05. The van der Waals surface area contributed by atoms with E-state index in [4.69, 9.17) is 4.42 Å². The number of amides is 2. The second-order valence-corrected chi connectivity index (χ2v) is 11.9. The zero-order valence-corrected chi connectivity index (χ0v) is 26.1. The number of aliphatic hydroxyl groups excluding tert-OH is 1. The van der Waals surface area contributed by atoms with Gasteiger partial charge in [-0.15, -0.1) is 0 Å². The smallest absolute Gasteiger partial charge is 0.253 e. The van der Waals surface area contributed by atoms with Crippen LogP contribution >= 0.6 is 0 Å². The summed E-state index contributed by atoms with van der Waals surface area (Å²) in [6, 6.07) is 16.9. The van der Waals surface area contributed by atoms with Gasteiger partial charge in [-0.3, -0.25) is 9.59 Å². The normalized spacial score (nSPS) is 14.8. The Balaban J connectivity index is 1.42. The van der Waals surface area contributed by atoms with Gasteiger partial charge in [0.1, 0.15) is 17.9 Å². The van der Waals surface area contributed by atoms with E-state index in [-0.39, 0.29) is 41.4 Å². The van der Waals surface area contributed by atoms with Gasteiger partial charge in [0.15, 0.2) is 0 Å². The van der Waals surface area contributed by atoms with Gasteiger partial charge in [-0.2, -0.15) is 0 Å². The first-order chi connectivity index (χ1) is 22.2. The Morgan fingerprint density at radius 1 is 0.978 bits per heavy atom. The maximum absolute atomic E-state index is 14.1. The summed E-state index contributed by atoms with van der Waals surface area (Å²) in [6.07, 6.45) is 5.08. The van der Waals surface area contributed by atoms with E-state index < -0.39 is 29.7 Å². The zero-order chi connectivity index (χ0) is 32.7. The molecule has 0 spiro atoms. The molecular weight excluding hydrogens is 590 g/mol. The molecule has 1 heterocycles. The molecule has 2 amide bonds. The van der Waals surface area contributed by atoms with E-state index in [0.717, 1.165) is 37.3 Å². The van der Waals surface area contributed by atoms with E-state index >= 15 is 0 Å². The molecule has 242 valence electrons. The quantitative estimate of drug-likeness (QED) is 0.152. The standard InChI is InChI=1S/C36H40F2N4O4/c1-3-13-42(14-4-2)35(45)27-20-25(19-26(21-27)34-39-12-15-46-34)33(44)41-31(18-24-16-29(37)22-30(38)17-24)32(43)23-40-36(10-11-36)28-8-6-5-7-9-28/h5-9,12,15-17,19-22,31-32,40,43H,3-4,10-11,13-14,18,23H2,1-2H3,(H,41,44)/t31-,32+/m0/s1. The van der Waals surface area contributed by atoms with Crippen LogP contribution < -0.4 is 10.6 Å². The number of benzene rings is 3. The van der Waals surface area contributed by atoms with Crippen molar-refractivity contribution in [3.8, 4) is 11.5 Å². The Morgan fingerprint density at radius 2 is 1.65 bits per heavy atom.